The van der Waals surface area contributed by atoms with Crippen LogP contribution < -0.4 is 4.72 Å². The fraction of sp³-hybridized carbons (Fsp3) is 0.857. The molecule has 0 amide bonds. The van der Waals surface area contributed by atoms with Crippen molar-refractivity contribution in [2.24, 2.45) is 0 Å². The van der Waals surface area contributed by atoms with E-state index < -0.39 is 19.3 Å². The van der Waals surface area contributed by atoms with E-state index in [0.29, 0.717) is 6.61 Å². The molecule has 0 saturated carbocycles. The Labute approximate surface area is 122 Å². The SMILES string of the molecule is C=CC(CO[Si](C)(C)C(C)(C)C)NS(=O)C(C)(C)C. The lowest BCUT2D eigenvalue weighted by atomic mass is 10.2. The summed E-state index contributed by atoms with van der Waals surface area (Å²) >= 11 is 0. The van der Waals surface area contributed by atoms with Gasteiger partial charge in [-0.2, -0.15) is 0 Å². The molecule has 2 unspecified atom stereocenters. The molecule has 0 radical (unpaired) electrons. The van der Waals surface area contributed by atoms with Gasteiger partial charge < -0.3 is 4.43 Å². The van der Waals surface area contributed by atoms with Crippen molar-refractivity contribution in [3.05, 3.63) is 12.7 Å². The van der Waals surface area contributed by atoms with Crippen LogP contribution in [0.25, 0.3) is 0 Å². The van der Waals surface area contributed by atoms with Crippen LogP contribution in [0.4, 0.5) is 0 Å². The Morgan fingerprint density at radius 3 is 2.05 bits per heavy atom. The lowest BCUT2D eigenvalue weighted by molar-refractivity contribution is 0.273. The highest BCUT2D eigenvalue weighted by Gasteiger charge is 2.37. The van der Waals surface area contributed by atoms with Gasteiger partial charge in [0.1, 0.15) is 0 Å². The number of nitrogens with one attached hydrogen (secondary N) is 1. The quantitative estimate of drug-likeness (QED) is 0.601. The Hall–Kier alpha value is 0.0269. The van der Waals surface area contributed by atoms with Crippen molar-refractivity contribution in [3.63, 3.8) is 0 Å². The maximum atomic E-state index is 12.1. The summed E-state index contributed by atoms with van der Waals surface area (Å²) in [4.78, 5) is 0. The summed E-state index contributed by atoms with van der Waals surface area (Å²) < 4.78 is 21.0. The number of hydrogen-bond acceptors (Lipinski definition) is 2. The molecule has 3 nitrogen and oxygen atoms in total. The summed E-state index contributed by atoms with van der Waals surface area (Å²) in [5.74, 6) is 0. The van der Waals surface area contributed by atoms with Crippen LogP contribution in [0.15, 0.2) is 12.7 Å². The van der Waals surface area contributed by atoms with E-state index in [1.165, 1.54) is 0 Å². The first-order chi connectivity index (χ1) is 8.31. The second-order valence-electron chi connectivity index (χ2n) is 7.41. The largest absolute Gasteiger partial charge is 0.415 e. The predicted octanol–water partition coefficient (Wildman–Crippen LogP) is 3.61. The van der Waals surface area contributed by atoms with Gasteiger partial charge in [0.05, 0.1) is 28.4 Å². The van der Waals surface area contributed by atoms with Gasteiger partial charge >= 0.3 is 0 Å². The summed E-state index contributed by atoms with van der Waals surface area (Å²) in [6.07, 6.45) is 1.77. The van der Waals surface area contributed by atoms with Crippen molar-refractivity contribution < 1.29 is 8.63 Å². The maximum absolute atomic E-state index is 12.1. The second-order valence-corrected chi connectivity index (χ2v) is 14.2. The molecule has 0 aliphatic heterocycles. The average Bonchev–Trinajstić information content (AvgIpc) is 2.20. The van der Waals surface area contributed by atoms with Crippen LogP contribution in [0.2, 0.25) is 18.1 Å². The van der Waals surface area contributed by atoms with Gasteiger partial charge in [-0.1, -0.05) is 26.8 Å². The first-order valence-electron chi connectivity index (χ1n) is 6.76. The van der Waals surface area contributed by atoms with Crippen LogP contribution in [0.1, 0.15) is 41.5 Å². The standard InChI is InChI=1S/C14H31NO2SSi/c1-10-12(15-18(16)13(2,3)4)11-17-19(8,9)14(5,6)7/h10,12,15H,1,11H2,2-9H3. The van der Waals surface area contributed by atoms with E-state index in [-0.39, 0.29) is 15.8 Å². The van der Waals surface area contributed by atoms with Crippen LogP contribution in [-0.4, -0.2) is 29.9 Å². The van der Waals surface area contributed by atoms with E-state index >= 15 is 0 Å². The lowest BCUT2D eigenvalue weighted by Crippen LogP contribution is -2.46. The van der Waals surface area contributed by atoms with E-state index in [2.05, 4.69) is 45.2 Å². The highest BCUT2D eigenvalue weighted by molar-refractivity contribution is 7.84. The van der Waals surface area contributed by atoms with Gasteiger partial charge in [-0.15, -0.1) is 6.58 Å². The summed E-state index contributed by atoms with van der Waals surface area (Å²) in [5, 5.41) is 0.182. The molecular weight excluding hydrogens is 274 g/mol. The molecule has 0 aromatic heterocycles. The molecule has 0 spiro atoms. The summed E-state index contributed by atoms with van der Waals surface area (Å²) in [5.41, 5.74) is 0. The fourth-order valence-corrected chi connectivity index (χ4v) is 2.80. The number of hydrogen-bond donors (Lipinski definition) is 1. The monoisotopic (exact) mass is 305 g/mol. The molecule has 5 heteroatoms. The van der Waals surface area contributed by atoms with Gasteiger partial charge in [0.2, 0.25) is 0 Å². The Morgan fingerprint density at radius 1 is 1.26 bits per heavy atom. The highest BCUT2D eigenvalue weighted by atomic mass is 32.2. The minimum atomic E-state index is -1.77. The van der Waals surface area contributed by atoms with Crippen LogP contribution in [0.3, 0.4) is 0 Å². The van der Waals surface area contributed by atoms with Crippen molar-refractivity contribution in [1.82, 2.24) is 4.72 Å². The van der Waals surface area contributed by atoms with Gasteiger partial charge in [0.15, 0.2) is 8.32 Å². The zero-order valence-electron chi connectivity index (χ0n) is 13.8. The molecule has 0 bridgehead atoms. The zero-order valence-corrected chi connectivity index (χ0v) is 15.6. The fourth-order valence-electron chi connectivity index (χ4n) is 0.979. The van der Waals surface area contributed by atoms with Gasteiger partial charge in [0.25, 0.3) is 0 Å². The molecule has 0 aliphatic rings. The van der Waals surface area contributed by atoms with Crippen LogP contribution in [-0.2, 0) is 15.4 Å². The molecule has 0 rings (SSSR count). The molecule has 0 saturated heterocycles. The molecule has 1 N–H and O–H groups in total. The van der Waals surface area contributed by atoms with E-state index in [0.717, 1.165) is 0 Å². The first-order valence-corrected chi connectivity index (χ1v) is 10.8. The van der Waals surface area contributed by atoms with Crippen molar-refractivity contribution >= 4 is 19.3 Å². The van der Waals surface area contributed by atoms with E-state index in [1.54, 1.807) is 6.08 Å². The van der Waals surface area contributed by atoms with Crippen molar-refractivity contribution in [2.45, 2.75) is 70.5 Å². The Bertz CT molecular complexity index is 329. The summed E-state index contributed by atoms with van der Waals surface area (Å²) in [6, 6.07) is -0.0748. The van der Waals surface area contributed by atoms with Gasteiger partial charge in [-0.05, 0) is 38.9 Å². The Balaban J connectivity index is 4.53. The smallest absolute Gasteiger partial charge is 0.192 e. The average molecular weight is 306 g/mol. The zero-order chi connectivity index (χ0) is 15.5. The van der Waals surface area contributed by atoms with Crippen LogP contribution in [0.5, 0.6) is 0 Å². The third kappa shape index (κ3) is 6.34. The van der Waals surface area contributed by atoms with E-state index in [1.807, 2.05) is 20.8 Å². The minimum Gasteiger partial charge on any atom is -0.415 e. The minimum absolute atomic E-state index is 0.0748. The highest BCUT2D eigenvalue weighted by Crippen LogP contribution is 2.36. The predicted molar refractivity (Wildman–Crippen MR) is 88.2 cm³/mol. The van der Waals surface area contributed by atoms with E-state index in [4.69, 9.17) is 4.43 Å². The Morgan fingerprint density at radius 2 is 1.74 bits per heavy atom. The Kier molecular flexibility index (Phi) is 6.66. The topological polar surface area (TPSA) is 38.3 Å². The molecule has 2 atom stereocenters. The van der Waals surface area contributed by atoms with Crippen molar-refractivity contribution in [3.8, 4) is 0 Å². The molecule has 19 heavy (non-hydrogen) atoms. The third-order valence-corrected chi connectivity index (χ3v) is 9.66. The molecule has 0 aromatic rings. The molecule has 0 aliphatic carbocycles. The van der Waals surface area contributed by atoms with Gasteiger partial charge in [-0.3, -0.25) is 0 Å². The van der Waals surface area contributed by atoms with Crippen LogP contribution in [0, 0.1) is 0 Å². The normalized spacial score (nSPS) is 17.1. The molecule has 114 valence electrons. The number of rotatable bonds is 6. The molecule has 0 aromatic carbocycles. The maximum Gasteiger partial charge on any atom is 0.192 e. The summed E-state index contributed by atoms with van der Waals surface area (Å²) in [7, 11) is -2.87. The summed E-state index contributed by atoms with van der Waals surface area (Å²) in [6.45, 7) is 21.2. The third-order valence-electron chi connectivity index (χ3n) is 3.53. The first kappa shape index (κ1) is 19.0. The van der Waals surface area contributed by atoms with E-state index in [9.17, 15) is 4.21 Å². The molecular formula is C14H31NO2SSi. The van der Waals surface area contributed by atoms with Gasteiger partial charge in [0, 0.05) is 0 Å². The van der Waals surface area contributed by atoms with Gasteiger partial charge in [-0.25, -0.2) is 8.93 Å². The molecule has 0 heterocycles. The second kappa shape index (κ2) is 6.65. The molecule has 0 fully saturated rings. The lowest BCUT2D eigenvalue weighted by Gasteiger charge is -2.37. The van der Waals surface area contributed by atoms with Crippen molar-refractivity contribution in [2.75, 3.05) is 6.61 Å². The van der Waals surface area contributed by atoms with Crippen molar-refractivity contribution in [1.29, 1.82) is 0 Å². The van der Waals surface area contributed by atoms with Crippen LogP contribution >= 0.6 is 0 Å².